The molecule has 6 nitrogen and oxygen atoms in total. The summed E-state index contributed by atoms with van der Waals surface area (Å²) in [5.41, 5.74) is 0.728. The molecule has 0 aliphatic carbocycles. The van der Waals surface area contributed by atoms with Crippen molar-refractivity contribution in [3.05, 3.63) is 59.8 Å². The number of anilines is 1. The molecule has 0 saturated heterocycles. The van der Waals surface area contributed by atoms with E-state index in [-0.39, 0.29) is 23.9 Å². The van der Waals surface area contributed by atoms with Gasteiger partial charge in [-0.25, -0.2) is 4.79 Å². The van der Waals surface area contributed by atoms with Gasteiger partial charge in [0, 0.05) is 11.8 Å². The van der Waals surface area contributed by atoms with E-state index in [4.69, 9.17) is 4.74 Å². The van der Waals surface area contributed by atoms with Gasteiger partial charge in [-0.2, -0.15) is 5.10 Å². The van der Waals surface area contributed by atoms with Gasteiger partial charge in [0.1, 0.15) is 5.56 Å². The third-order valence-corrected chi connectivity index (χ3v) is 3.05. The minimum Gasteiger partial charge on any atom is -0.462 e. The van der Waals surface area contributed by atoms with Gasteiger partial charge in [0.25, 0.3) is 5.91 Å². The average molecular weight is 313 g/mol. The number of rotatable bonds is 6. The summed E-state index contributed by atoms with van der Waals surface area (Å²) in [5, 5.41) is 6.92. The molecule has 1 aromatic carbocycles. The highest BCUT2D eigenvalue weighted by atomic mass is 16.5. The summed E-state index contributed by atoms with van der Waals surface area (Å²) in [5.74, 6) is -0.642. The molecule has 0 saturated carbocycles. The zero-order chi connectivity index (χ0) is 16.7. The topological polar surface area (TPSA) is 73.2 Å². The van der Waals surface area contributed by atoms with Crippen molar-refractivity contribution < 1.29 is 14.3 Å². The number of benzene rings is 1. The van der Waals surface area contributed by atoms with Crippen LogP contribution in [0.15, 0.2) is 48.7 Å². The number of hydrogen-bond donors (Lipinski definition) is 1. The third-order valence-electron chi connectivity index (χ3n) is 3.05. The van der Waals surface area contributed by atoms with Crippen molar-refractivity contribution in [2.45, 2.75) is 20.4 Å². The molecule has 1 N–H and O–H groups in total. The van der Waals surface area contributed by atoms with Crippen LogP contribution in [0.4, 0.5) is 5.82 Å². The Labute approximate surface area is 134 Å². The number of ether oxygens (including phenoxy) is 1. The zero-order valence-electron chi connectivity index (χ0n) is 13.2. The lowest BCUT2D eigenvalue weighted by Crippen LogP contribution is -2.15. The Balaban J connectivity index is 2.26. The second kappa shape index (κ2) is 7.93. The molecule has 23 heavy (non-hydrogen) atoms. The maximum Gasteiger partial charge on any atom is 0.343 e. The van der Waals surface area contributed by atoms with Crippen LogP contribution >= 0.6 is 0 Å². The minimum atomic E-state index is -0.511. The minimum absolute atomic E-state index is 0.196. The molecule has 120 valence electrons. The highest BCUT2D eigenvalue weighted by Crippen LogP contribution is 2.16. The Morgan fingerprint density at radius 3 is 2.70 bits per heavy atom. The summed E-state index contributed by atoms with van der Waals surface area (Å²) in [6.45, 7) is 4.38. The highest BCUT2D eigenvalue weighted by molar-refractivity contribution is 6.07. The fraction of sp³-hybridized carbons (Fsp3) is 0.235. The summed E-state index contributed by atoms with van der Waals surface area (Å²) in [6, 6.07) is 8.75. The zero-order valence-corrected chi connectivity index (χ0v) is 13.2. The molecule has 1 aromatic heterocycles. The lowest BCUT2D eigenvalue weighted by molar-refractivity contribution is 0.0527. The van der Waals surface area contributed by atoms with Crippen LogP contribution in [0.3, 0.4) is 0 Å². The van der Waals surface area contributed by atoms with Gasteiger partial charge in [0.05, 0.1) is 13.2 Å². The first-order valence-electron chi connectivity index (χ1n) is 7.37. The van der Waals surface area contributed by atoms with E-state index in [1.54, 1.807) is 42.1 Å². The van der Waals surface area contributed by atoms with E-state index >= 15 is 0 Å². The van der Waals surface area contributed by atoms with Gasteiger partial charge in [-0.15, -0.1) is 0 Å². The first-order valence-corrected chi connectivity index (χ1v) is 7.37. The fourth-order valence-electron chi connectivity index (χ4n) is 1.95. The summed E-state index contributed by atoms with van der Waals surface area (Å²) < 4.78 is 6.59. The van der Waals surface area contributed by atoms with E-state index in [1.165, 1.54) is 0 Å². The van der Waals surface area contributed by atoms with Crippen LogP contribution in [0, 0.1) is 0 Å². The molecular formula is C17H19N3O3. The Morgan fingerprint density at radius 1 is 1.30 bits per heavy atom. The molecule has 1 heterocycles. The monoisotopic (exact) mass is 313 g/mol. The normalized spacial score (nSPS) is 10.7. The summed E-state index contributed by atoms with van der Waals surface area (Å²) in [6.07, 6.45) is 5.34. The van der Waals surface area contributed by atoms with Gasteiger partial charge in [-0.05, 0) is 26.0 Å². The molecule has 0 bridgehead atoms. The van der Waals surface area contributed by atoms with Crippen molar-refractivity contribution in [3.8, 4) is 0 Å². The second-order valence-corrected chi connectivity index (χ2v) is 4.72. The molecule has 0 atom stereocenters. The van der Waals surface area contributed by atoms with E-state index in [0.717, 1.165) is 0 Å². The van der Waals surface area contributed by atoms with Gasteiger partial charge in [0.15, 0.2) is 5.82 Å². The molecule has 0 aliphatic rings. The number of nitrogens with zero attached hydrogens (tertiary/aromatic N) is 2. The SMILES string of the molecule is CC=CCn1cc(C(=O)OCC)c(NC(=O)c2ccccc2)n1. The molecule has 0 unspecified atom stereocenters. The maximum atomic E-state index is 12.2. The molecule has 0 aliphatic heterocycles. The van der Waals surface area contributed by atoms with Crippen LogP contribution in [-0.2, 0) is 11.3 Å². The Kier molecular flexibility index (Phi) is 5.68. The number of carbonyl (C=O) groups is 2. The van der Waals surface area contributed by atoms with Crippen LogP contribution < -0.4 is 5.32 Å². The standard InChI is InChI=1S/C17H19N3O3/c1-3-5-11-20-12-14(17(22)23-4-2)15(19-20)18-16(21)13-9-7-6-8-10-13/h3,5-10,12H,4,11H2,1-2H3,(H,18,19,21). The number of carbonyl (C=O) groups excluding carboxylic acids is 2. The highest BCUT2D eigenvalue weighted by Gasteiger charge is 2.19. The Bertz CT molecular complexity index is 705. The second-order valence-electron chi connectivity index (χ2n) is 4.72. The summed E-state index contributed by atoms with van der Waals surface area (Å²) >= 11 is 0. The first kappa shape index (κ1) is 16.5. The molecule has 6 heteroatoms. The average Bonchev–Trinajstić information content (AvgIpc) is 2.97. The largest absolute Gasteiger partial charge is 0.462 e. The molecule has 2 rings (SSSR count). The number of amides is 1. The molecular weight excluding hydrogens is 294 g/mol. The van der Waals surface area contributed by atoms with Gasteiger partial charge < -0.3 is 10.1 Å². The number of nitrogens with one attached hydrogen (secondary N) is 1. The van der Waals surface area contributed by atoms with E-state index in [0.29, 0.717) is 12.1 Å². The third kappa shape index (κ3) is 4.29. The van der Waals surface area contributed by atoms with Gasteiger partial charge >= 0.3 is 5.97 Å². The van der Waals surface area contributed by atoms with E-state index in [9.17, 15) is 9.59 Å². The summed E-state index contributed by atoms with van der Waals surface area (Å²) in [4.78, 5) is 24.3. The molecule has 0 radical (unpaired) electrons. The van der Waals surface area contributed by atoms with Crippen molar-refractivity contribution in [3.63, 3.8) is 0 Å². The van der Waals surface area contributed by atoms with Crippen molar-refractivity contribution in [2.24, 2.45) is 0 Å². The lowest BCUT2D eigenvalue weighted by atomic mass is 10.2. The van der Waals surface area contributed by atoms with E-state index in [1.807, 2.05) is 25.1 Å². The molecule has 2 aromatic rings. The number of esters is 1. The Hall–Kier alpha value is -2.89. The van der Waals surface area contributed by atoms with Crippen LogP contribution in [0.2, 0.25) is 0 Å². The van der Waals surface area contributed by atoms with Crippen LogP contribution in [0.5, 0.6) is 0 Å². The Morgan fingerprint density at radius 2 is 2.04 bits per heavy atom. The van der Waals surface area contributed by atoms with Gasteiger partial charge in [0.2, 0.25) is 0 Å². The quantitative estimate of drug-likeness (QED) is 0.657. The van der Waals surface area contributed by atoms with E-state index < -0.39 is 5.97 Å². The first-order chi connectivity index (χ1) is 11.2. The molecule has 0 fully saturated rings. The predicted molar refractivity (Wildman–Crippen MR) is 87.4 cm³/mol. The van der Waals surface area contributed by atoms with Crippen molar-refractivity contribution in [2.75, 3.05) is 11.9 Å². The number of allylic oxidation sites excluding steroid dienone is 2. The van der Waals surface area contributed by atoms with Crippen LogP contribution in [0.1, 0.15) is 34.6 Å². The maximum absolute atomic E-state index is 12.2. The van der Waals surface area contributed by atoms with Crippen molar-refractivity contribution >= 4 is 17.7 Å². The van der Waals surface area contributed by atoms with Crippen LogP contribution in [-0.4, -0.2) is 28.3 Å². The van der Waals surface area contributed by atoms with Crippen molar-refractivity contribution in [1.82, 2.24) is 9.78 Å². The lowest BCUT2D eigenvalue weighted by Gasteiger charge is -2.04. The summed E-state index contributed by atoms with van der Waals surface area (Å²) in [7, 11) is 0. The number of aromatic nitrogens is 2. The predicted octanol–water partition coefficient (Wildman–Crippen LogP) is 2.89. The molecule has 1 amide bonds. The van der Waals surface area contributed by atoms with E-state index in [2.05, 4.69) is 10.4 Å². The van der Waals surface area contributed by atoms with Crippen LogP contribution in [0.25, 0.3) is 0 Å². The molecule has 0 spiro atoms. The van der Waals surface area contributed by atoms with Crippen molar-refractivity contribution in [1.29, 1.82) is 0 Å². The number of hydrogen-bond acceptors (Lipinski definition) is 4. The van der Waals surface area contributed by atoms with Gasteiger partial charge in [-0.3, -0.25) is 9.48 Å². The fourth-order valence-corrected chi connectivity index (χ4v) is 1.95. The smallest absolute Gasteiger partial charge is 0.343 e. The van der Waals surface area contributed by atoms with Gasteiger partial charge in [-0.1, -0.05) is 30.4 Å².